The minimum absolute atomic E-state index is 0.00649. The lowest BCUT2D eigenvalue weighted by Crippen LogP contribution is -2.16. The molecule has 3 aromatic carbocycles. The van der Waals surface area contributed by atoms with Crippen LogP contribution in [-0.4, -0.2) is 0 Å². The van der Waals surface area contributed by atoms with Crippen LogP contribution in [0.3, 0.4) is 0 Å². The highest BCUT2D eigenvalue weighted by Gasteiger charge is 2.27. The van der Waals surface area contributed by atoms with E-state index in [1.807, 2.05) is 0 Å². The average molecular weight is 444 g/mol. The number of benzene rings is 3. The third-order valence-corrected chi connectivity index (χ3v) is 6.38. The molecule has 0 amide bonds. The Hall–Kier alpha value is -2.69. The topological polar surface area (TPSA) is 0 Å². The van der Waals surface area contributed by atoms with E-state index in [1.54, 1.807) is 0 Å². The molecular weight excluding hydrogens is 419 g/mol. The molecule has 0 radical (unpaired) electrons. The van der Waals surface area contributed by atoms with Crippen LogP contribution in [0.2, 0.25) is 0 Å². The molecule has 1 unspecified atom stereocenters. The van der Waals surface area contributed by atoms with E-state index < -0.39 is 35.0 Å². The Morgan fingerprint density at radius 2 is 1.53 bits per heavy atom. The molecule has 0 fully saturated rings. The first kappa shape index (κ1) is 22.5. The predicted molar refractivity (Wildman–Crippen MR) is 116 cm³/mol. The van der Waals surface area contributed by atoms with Crippen molar-refractivity contribution in [3.63, 3.8) is 0 Å². The van der Waals surface area contributed by atoms with Crippen molar-refractivity contribution < 1.29 is 22.0 Å². The molecule has 1 aliphatic carbocycles. The molecule has 168 valence electrons. The van der Waals surface area contributed by atoms with Crippen molar-refractivity contribution in [1.29, 1.82) is 0 Å². The van der Waals surface area contributed by atoms with E-state index in [1.165, 1.54) is 36.4 Å². The first-order valence-corrected chi connectivity index (χ1v) is 11.1. The molecule has 0 saturated carbocycles. The summed E-state index contributed by atoms with van der Waals surface area (Å²) in [6.45, 7) is 2.07. The molecule has 1 atom stereocenters. The van der Waals surface area contributed by atoms with Crippen LogP contribution in [0.5, 0.6) is 0 Å². The predicted octanol–water partition coefficient (Wildman–Crippen LogP) is 8.05. The van der Waals surface area contributed by atoms with E-state index in [9.17, 15) is 22.0 Å². The van der Waals surface area contributed by atoms with Gasteiger partial charge < -0.3 is 0 Å². The fourth-order valence-corrected chi connectivity index (χ4v) is 4.69. The van der Waals surface area contributed by atoms with Gasteiger partial charge in [-0.15, -0.1) is 0 Å². The number of aryl methyl sites for hydroxylation is 2. The number of fused-ring (bicyclic) bond motifs is 1. The van der Waals surface area contributed by atoms with Crippen molar-refractivity contribution in [2.75, 3.05) is 0 Å². The van der Waals surface area contributed by atoms with Crippen LogP contribution in [0.25, 0.3) is 11.1 Å². The first-order valence-electron chi connectivity index (χ1n) is 11.1. The Kier molecular flexibility index (Phi) is 6.63. The Bertz CT molecular complexity index is 1110. The second kappa shape index (κ2) is 9.43. The summed E-state index contributed by atoms with van der Waals surface area (Å²) in [4.78, 5) is 0. The van der Waals surface area contributed by atoms with E-state index in [4.69, 9.17) is 0 Å². The van der Waals surface area contributed by atoms with Gasteiger partial charge in [-0.05, 0) is 85.0 Å². The van der Waals surface area contributed by atoms with Crippen LogP contribution in [0.15, 0.2) is 42.5 Å². The molecule has 32 heavy (non-hydrogen) atoms. The van der Waals surface area contributed by atoms with Gasteiger partial charge in [0.25, 0.3) is 0 Å². The summed E-state index contributed by atoms with van der Waals surface area (Å²) in [5.74, 6) is -4.32. The smallest absolute Gasteiger partial charge is 0.166 e. The molecule has 0 bridgehead atoms. The van der Waals surface area contributed by atoms with Crippen LogP contribution in [0.1, 0.15) is 60.8 Å². The zero-order valence-corrected chi connectivity index (χ0v) is 18.0. The van der Waals surface area contributed by atoms with Gasteiger partial charge >= 0.3 is 0 Å². The third kappa shape index (κ3) is 4.43. The van der Waals surface area contributed by atoms with Crippen molar-refractivity contribution in [3.8, 4) is 11.1 Å². The molecule has 0 N–H and O–H groups in total. The lowest BCUT2D eigenvalue weighted by atomic mass is 9.78. The molecular formula is C27H25F5. The van der Waals surface area contributed by atoms with Gasteiger partial charge in [0.1, 0.15) is 17.5 Å². The number of rotatable bonds is 6. The first-order chi connectivity index (χ1) is 15.4. The maximum Gasteiger partial charge on any atom is 0.166 e. The molecule has 1 aliphatic rings. The SMILES string of the molecule is CCCCCc1cc(F)c(C2CCc3cc(-c4cccc(F)c4F)c(F)cc3C2)c(F)c1. The van der Waals surface area contributed by atoms with E-state index in [2.05, 4.69) is 6.92 Å². The highest BCUT2D eigenvalue weighted by molar-refractivity contribution is 5.67. The van der Waals surface area contributed by atoms with Gasteiger partial charge in [0.05, 0.1) is 0 Å². The van der Waals surface area contributed by atoms with Gasteiger partial charge in [-0.3, -0.25) is 0 Å². The van der Waals surface area contributed by atoms with Crippen molar-refractivity contribution in [1.82, 2.24) is 0 Å². The summed E-state index contributed by atoms with van der Waals surface area (Å²) >= 11 is 0. The maximum absolute atomic E-state index is 14.8. The number of hydrogen-bond acceptors (Lipinski definition) is 0. The minimum atomic E-state index is -1.09. The van der Waals surface area contributed by atoms with Gasteiger partial charge in [0.15, 0.2) is 11.6 Å². The van der Waals surface area contributed by atoms with Gasteiger partial charge in [0, 0.05) is 16.7 Å². The van der Waals surface area contributed by atoms with E-state index in [0.29, 0.717) is 36.8 Å². The quantitative estimate of drug-likeness (QED) is 0.266. The summed E-state index contributed by atoms with van der Waals surface area (Å²) < 4.78 is 72.3. The highest BCUT2D eigenvalue weighted by atomic mass is 19.2. The molecule has 4 rings (SSSR count). The van der Waals surface area contributed by atoms with Crippen LogP contribution in [-0.2, 0) is 19.3 Å². The second-order valence-corrected chi connectivity index (χ2v) is 8.57. The fourth-order valence-electron chi connectivity index (χ4n) is 4.69. The molecule has 0 spiro atoms. The van der Waals surface area contributed by atoms with E-state index in [0.717, 1.165) is 30.9 Å². The van der Waals surface area contributed by atoms with Crippen LogP contribution in [0.4, 0.5) is 22.0 Å². The van der Waals surface area contributed by atoms with E-state index >= 15 is 0 Å². The fraction of sp³-hybridized carbons (Fsp3) is 0.333. The number of halogens is 5. The standard InChI is InChI=1S/C27H25F5/c1-2-3-4-6-16-11-24(30)26(25(31)12-16)18-10-9-17-14-21(23(29)15-19(17)13-18)20-7-5-8-22(28)27(20)32/h5,7-8,11-12,14-15,18H,2-4,6,9-10,13H2,1H3. The Labute approximate surface area is 185 Å². The summed E-state index contributed by atoms with van der Waals surface area (Å²) in [7, 11) is 0. The van der Waals surface area contributed by atoms with E-state index in [-0.39, 0.29) is 16.7 Å². The normalized spacial score (nSPS) is 15.6. The van der Waals surface area contributed by atoms with Gasteiger partial charge in [-0.2, -0.15) is 0 Å². The second-order valence-electron chi connectivity index (χ2n) is 8.57. The molecule has 3 aromatic rings. The summed E-state index contributed by atoms with van der Waals surface area (Å²) in [5.41, 5.74) is 2.00. The van der Waals surface area contributed by atoms with Gasteiger partial charge in [-0.25, -0.2) is 22.0 Å². The Morgan fingerprint density at radius 1 is 0.781 bits per heavy atom. The number of unbranched alkanes of at least 4 members (excludes halogenated alkanes) is 2. The minimum Gasteiger partial charge on any atom is -0.207 e. The zero-order valence-electron chi connectivity index (χ0n) is 18.0. The Balaban J connectivity index is 1.61. The largest absolute Gasteiger partial charge is 0.207 e. The summed E-state index contributed by atoms with van der Waals surface area (Å²) in [6.07, 6.45) is 4.83. The Morgan fingerprint density at radius 3 is 2.25 bits per heavy atom. The van der Waals surface area contributed by atoms with Gasteiger partial charge in [-0.1, -0.05) is 31.9 Å². The molecule has 0 nitrogen and oxygen atoms in total. The monoisotopic (exact) mass is 444 g/mol. The number of hydrogen-bond donors (Lipinski definition) is 0. The zero-order chi connectivity index (χ0) is 22.8. The van der Waals surface area contributed by atoms with Crippen molar-refractivity contribution >= 4 is 0 Å². The lowest BCUT2D eigenvalue weighted by Gasteiger charge is -2.27. The van der Waals surface area contributed by atoms with Crippen molar-refractivity contribution in [3.05, 3.63) is 93.8 Å². The molecule has 5 heteroatoms. The summed E-state index contributed by atoms with van der Waals surface area (Å²) in [6, 6.07) is 9.30. The third-order valence-electron chi connectivity index (χ3n) is 6.38. The molecule has 0 aliphatic heterocycles. The van der Waals surface area contributed by atoms with Crippen molar-refractivity contribution in [2.45, 2.75) is 57.8 Å². The van der Waals surface area contributed by atoms with Crippen LogP contribution in [0, 0.1) is 29.1 Å². The van der Waals surface area contributed by atoms with Crippen molar-refractivity contribution in [2.24, 2.45) is 0 Å². The highest BCUT2D eigenvalue weighted by Crippen LogP contribution is 2.38. The maximum atomic E-state index is 14.8. The average Bonchev–Trinajstić information content (AvgIpc) is 2.75. The molecule has 0 saturated heterocycles. The van der Waals surface area contributed by atoms with Crippen LogP contribution < -0.4 is 0 Å². The van der Waals surface area contributed by atoms with Crippen LogP contribution >= 0.6 is 0 Å². The lowest BCUT2D eigenvalue weighted by molar-refractivity contribution is 0.487. The molecule has 0 heterocycles. The van der Waals surface area contributed by atoms with Gasteiger partial charge in [0.2, 0.25) is 0 Å². The molecule has 0 aromatic heterocycles. The summed E-state index contributed by atoms with van der Waals surface area (Å²) in [5, 5.41) is 0.